The topological polar surface area (TPSA) is 41.1 Å². The third-order valence-electron chi connectivity index (χ3n) is 3.40. The van der Waals surface area contributed by atoms with Crippen LogP contribution in [0.1, 0.15) is 32.6 Å². The summed E-state index contributed by atoms with van der Waals surface area (Å²) >= 11 is 1.80. The average Bonchev–Trinajstić information content (AvgIpc) is 2.74. The largest absolute Gasteiger partial charge is 0.352 e. The zero-order valence-corrected chi connectivity index (χ0v) is 11.3. The maximum Gasteiger partial charge on any atom is 0.238 e. The van der Waals surface area contributed by atoms with E-state index in [1.807, 2.05) is 0 Å². The van der Waals surface area contributed by atoms with Gasteiger partial charge in [-0.2, -0.15) is 0 Å². The van der Waals surface area contributed by atoms with E-state index in [2.05, 4.69) is 17.6 Å². The van der Waals surface area contributed by atoms with E-state index in [0.29, 0.717) is 6.04 Å². The highest BCUT2D eigenvalue weighted by Gasteiger charge is 2.26. The lowest BCUT2D eigenvalue weighted by Gasteiger charge is -2.27. The minimum atomic E-state index is 0. The van der Waals surface area contributed by atoms with Gasteiger partial charge in [-0.1, -0.05) is 6.92 Å². The molecule has 5 heteroatoms. The lowest BCUT2D eigenvalue weighted by Crippen LogP contribution is -2.47. The molecular formula is C11H21ClN2OS. The Balaban J connectivity index is 0.00000128. The van der Waals surface area contributed by atoms with Crippen molar-refractivity contribution < 1.29 is 4.79 Å². The van der Waals surface area contributed by atoms with Crippen LogP contribution in [0.25, 0.3) is 0 Å². The highest BCUT2D eigenvalue weighted by atomic mass is 35.5. The Hall–Kier alpha value is 0.0700. The Morgan fingerprint density at radius 1 is 1.31 bits per heavy atom. The zero-order chi connectivity index (χ0) is 10.7. The molecule has 2 rings (SSSR count). The third kappa shape index (κ3) is 3.82. The quantitative estimate of drug-likeness (QED) is 0.799. The first kappa shape index (κ1) is 14.1. The van der Waals surface area contributed by atoms with Gasteiger partial charge < -0.3 is 5.32 Å². The Morgan fingerprint density at radius 2 is 2.00 bits per heavy atom. The van der Waals surface area contributed by atoms with E-state index in [9.17, 15) is 4.79 Å². The van der Waals surface area contributed by atoms with Crippen molar-refractivity contribution >= 4 is 30.1 Å². The van der Waals surface area contributed by atoms with Crippen LogP contribution in [0.2, 0.25) is 0 Å². The highest BCUT2D eigenvalue weighted by molar-refractivity contribution is 7.99. The van der Waals surface area contributed by atoms with E-state index in [1.54, 1.807) is 11.8 Å². The number of hydrogen-bond donors (Lipinski definition) is 2. The molecule has 1 amide bonds. The van der Waals surface area contributed by atoms with Crippen molar-refractivity contribution in [2.45, 2.75) is 44.7 Å². The standard InChI is InChI=1S/C11H20N2OS.ClH/c1-8-2-4-9(5-3-8)13-11(14)10-6-15-7-12-10;/h8-10,12H,2-7H2,1H3,(H,13,14);1H. The predicted molar refractivity (Wildman–Crippen MR) is 71.1 cm³/mol. The Morgan fingerprint density at radius 3 is 2.56 bits per heavy atom. The van der Waals surface area contributed by atoms with Gasteiger partial charge in [-0.25, -0.2) is 0 Å². The highest BCUT2D eigenvalue weighted by Crippen LogP contribution is 2.23. The summed E-state index contributed by atoms with van der Waals surface area (Å²) in [5.74, 6) is 2.90. The van der Waals surface area contributed by atoms with Gasteiger partial charge in [-0.15, -0.1) is 24.2 Å². The molecule has 2 aliphatic rings. The lowest BCUT2D eigenvalue weighted by molar-refractivity contribution is -0.123. The van der Waals surface area contributed by atoms with Crippen LogP contribution in [0.15, 0.2) is 0 Å². The molecule has 3 nitrogen and oxygen atoms in total. The first-order valence-electron chi connectivity index (χ1n) is 5.87. The normalized spacial score (nSPS) is 34.2. The van der Waals surface area contributed by atoms with Gasteiger partial charge in [0.05, 0.1) is 6.04 Å². The maximum absolute atomic E-state index is 11.8. The number of carbonyl (C=O) groups excluding carboxylic acids is 1. The molecule has 0 aromatic heterocycles. The summed E-state index contributed by atoms with van der Waals surface area (Å²) in [7, 11) is 0. The van der Waals surface area contributed by atoms with Crippen molar-refractivity contribution in [1.82, 2.24) is 10.6 Å². The first-order chi connectivity index (χ1) is 7.25. The molecule has 1 unspecified atom stereocenters. The van der Waals surface area contributed by atoms with Crippen molar-refractivity contribution in [3.63, 3.8) is 0 Å². The number of thioether (sulfide) groups is 1. The van der Waals surface area contributed by atoms with Gasteiger partial charge in [0.15, 0.2) is 0 Å². The second-order valence-corrected chi connectivity index (χ2v) is 5.77. The number of rotatable bonds is 2. The third-order valence-corrected chi connectivity index (χ3v) is 4.33. The summed E-state index contributed by atoms with van der Waals surface area (Å²) in [4.78, 5) is 11.8. The number of halogens is 1. The van der Waals surface area contributed by atoms with Crippen LogP contribution in [0.4, 0.5) is 0 Å². The van der Waals surface area contributed by atoms with Gasteiger partial charge in [0.25, 0.3) is 0 Å². The van der Waals surface area contributed by atoms with Crippen LogP contribution in [-0.4, -0.2) is 29.6 Å². The van der Waals surface area contributed by atoms with E-state index in [1.165, 1.54) is 12.8 Å². The second-order valence-electron chi connectivity index (χ2n) is 4.74. The van der Waals surface area contributed by atoms with Gasteiger partial charge >= 0.3 is 0 Å². The molecule has 2 fully saturated rings. The molecule has 1 aliphatic heterocycles. The summed E-state index contributed by atoms with van der Waals surface area (Å²) in [6.45, 7) is 2.30. The molecule has 0 aromatic rings. The van der Waals surface area contributed by atoms with E-state index >= 15 is 0 Å². The fourth-order valence-corrected chi connectivity index (χ4v) is 3.21. The molecule has 1 heterocycles. The van der Waals surface area contributed by atoms with Gasteiger partial charge in [0, 0.05) is 17.7 Å². The fraction of sp³-hybridized carbons (Fsp3) is 0.909. The first-order valence-corrected chi connectivity index (χ1v) is 7.02. The van der Waals surface area contributed by atoms with Crippen LogP contribution >= 0.6 is 24.2 Å². The fourth-order valence-electron chi connectivity index (χ4n) is 2.27. The van der Waals surface area contributed by atoms with E-state index in [4.69, 9.17) is 0 Å². The van der Waals surface area contributed by atoms with Gasteiger partial charge in [0.2, 0.25) is 5.91 Å². The smallest absolute Gasteiger partial charge is 0.238 e. The van der Waals surface area contributed by atoms with E-state index in [0.717, 1.165) is 30.4 Å². The predicted octanol–water partition coefficient (Wildman–Crippen LogP) is 1.77. The van der Waals surface area contributed by atoms with Crippen LogP contribution in [0.5, 0.6) is 0 Å². The van der Waals surface area contributed by atoms with Crippen molar-refractivity contribution in [1.29, 1.82) is 0 Å². The number of carbonyl (C=O) groups is 1. The number of nitrogens with one attached hydrogen (secondary N) is 2. The van der Waals surface area contributed by atoms with E-state index < -0.39 is 0 Å². The van der Waals surface area contributed by atoms with Gasteiger partial charge in [0.1, 0.15) is 0 Å². The van der Waals surface area contributed by atoms with Crippen molar-refractivity contribution in [3.8, 4) is 0 Å². The molecule has 0 spiro atoms. The van der Waals surface area contributed by atoms with Crippen molar-refractivity contribution in [2.24, 2.45) is 5.92 Å². The summed E-state index contributed by atoms with van der Waals surface area (Å²) in [6.07, 6.45) is 4.84. The minimum Gasteiger partial charge on any atom is -0.352 e. The summed E-state index contributed by atoms with van der Waals surface area (Å²) in [6, 6.07) is 0.482. The van der Waals surface area contributed by atoms with Crippen LogP contribution in [0, 0.1) is 5.92 Å². The zero-order valence-electron chi connectivity index (χ0n) is 9.70. The Labute approximate surface area is 108 Å². The Bertz CT molecular complexity index is 226. The van der Waals surface area contributed by atoms with Crippen LogP contribution in [-0.2, 0) is 4.79 Å². The maximum atomic E-state index is 11.8. The molecule has 2 N–H and O–H groups in total. The van der Waals surface area contributed by atoms with Gasteiger partial charge in [-0.3, -0.25) is 10.1 Å². The van der Waals surface area contributed by atoms with Gasteiger partial charge in [-0.05, 0) is 31.6 Å². The summed E-state index contributed by atoms with van der Waals surface area (Å²) in [5.41, 5.74) is 0. The lowest BCUT2D eigenvalue weighted by atomic mass is 9.87. The molecule has 1 aliphatic carbocycles. The molecule has 1 saturated carbocycles. The van der Waals surface area contributed by atoms with Crippen LogP contribution in [0.3, 0.4) is 0 Å². The van der Waals surface area contributed by atoms with Crippen LogP contribution < -0.4 is 10.6 Å². The monoisotopic (exact) mass is 264 g/mol. The van der Waals surface area contributed by atoms with Crippen molar-refractivity contribution in [3.05, 3.63) is 0 Å². The second kappa shape index (κ2) is 6.72. The molecule has 94 valence electrons. The summed E-state index contributed by atoms with van der Waals surface area (Å²) in [5, 5.41) is 6.37. The number of amides is 1. The number of hydrogen-bond acceptors (Lipinski definition) is 3. The van der Waals surface area contributed by atoms with E-state index in [-0.39, 0.29) is 24.4 Å². The molecule has 1 atom stereocenters. The molecule has 0 radical (unpaired) electrons. The molecule has 0 bridgehead atoms. The average molecular weight is 265 g/mol. The molecule has 0 aromatic carbocycles. The summed E-state index contributed by atoms with van der Waals surface area (Å²) < 4.78 is 0. The molecular weight excluding hydrogens is 244 g/mol. The van der Waals surface area contributed by atoms with Crippen molar-refractivity contribution in [2.75, 3.05) is 11.6 Å². The minimum absolute atomic E-state index is 0. The molecule has 16 heavy (non-hydrogen) atoms. The molecule has 1 saturated heterocycles. The SMILES string of the molecule is CC1CCC(NC(=O)C2CSCN2)CC1.Cl. The Kier molecular flexibility index (Phi) is 5.94.